The summed E-state index contributed by atoms with van der Waals surface area (Å²) in [5.74, 6) is -1.00. The number of ether oxygens (including phenoxy) is 1. The number of benzene rings is 1. The van der Waals surface area contributed by atoms with Crippen LogP contribution in [-0.2, 0) is 16.0 Å². The molecule has 2 rings (SSSR count). The smallest absolute Gasteiger partial charge is 0.410 e. The highest BCUT2D eigenvalue weighted by Crippen LogP contribution is 2.23. The van der Waals surface area contributed by atoms with Gasteiger partial charge in [0.1, 0.15) is 5.60 Å². The minimum absolute atomic E-state index is 0.199. The van der Waals surface area contributed by atoms with Gasteiger partial charge in [0, 0.05) is 54.4 Å². The number of rotatable bonds is 7. The molecule has 1 aliphatic rings. The van der Waals surface area contributed by atoms with E-state index in [2.05, 4.69) is 43.3 Å². The number of aliphatic imine (C=N–C) groups is 1. The Hall–Kier alpha value is -3.06. The normalized spacial score (nSPS) is 14.7. The summed E-state index contributed by atoms with van der Waals surface area (Å²) in [5.41, 5.74) is 2.98. The molecule has 0 spiro atoms. The second-order valence-corrected chi connectivity index (χ2v) is 10.8. The molecule has 0 saturated carbocycles. The van der Waals surface area contributed by atoms with Crippen molar-refractivity contribution in [1.82, 2.24) is 9.80 Å². The summed E-state index contributed by atoms with van der Waals surface area (Å²) >= 11 is 5.78. The number of aryl methyl sites for hydroxylation is 1. The average molecular weight is 576 g/mol. The van der Waals surface area contributed by atoms with Gasteiger partial charge in [-0.25, -0.2) is 9.59 Å². The number of piperazine rings is 1. The van der Waals surface area contributed by atoms with Gasteiger partial charge in [-0.3, -0.25) is 4.99 Å². The second-order valence-electron chi connectivity index (χ2n) is 10.4. The molecule has 0 atom stereocenters. The number of allylic oxidation sites excluding steroid dienone is 2. The fourth-order valence-electron chi connectivity index (χ4n) is 3.92. The highest BCUT2D eigenvalue weighted by Gasteiger charge is 2.28. The van der Waals surface area contributed by atoms with Crippen LogP contribution in [0.15, 0.2) is 65.0 Å². The van der Waals surface area contributed by atoms with E-state index in [1.54, 1.807) is 24.8 Å². The number of hydrogen-bond donors (Lipinski definition) is 1. The van der Waals surface area contributed by atoms with Gasteiger partial charge in [0.15, 0.2) is 0 Å². The van der Waals surface area contributed by atoms with E-state index in [9.17, 15) is 14.7 Å². The number of nitrogens with zero attached hydrogens (tertiary/aromatic N) is 3. The van der Waals surface area contributed by atoms with Crippen molar-refractivity contribution >= 4 is 29.4 Å². The lowest BCUT2D eigenvalue weighted by Crippen LogP contribution is -2.49. The average Bonchev–Trinajstić information content (AvgIpc) is 2.87. The van der Waals surface area contributed by atoms with Crippen molar-refractivity contribution in [3.8, 4) is 0 Å². The molecule has 1 amide bonds. The number of aliphatic carboxylic acids is 1. The third-order valence-electron chi connectivity index (χ3n) is 5.63. The third kappa shape index (κ3) is 13.8. The van der Waals surface area contributed by atoms with Gasteiger partial charge in [0.05, 0.1) is 5.57 Å². The fourth-order valence-corrected chi connectivity index (χ4v) is 4.13. The lowest BCUT2D eigenvalue weighted by Gasteiger charge is -2.38. The maximum Gasteiger partial charge on any atom is 0.410 e. The standard InChI is InChI=1S/C20H31N3O4.C9H11Cl.C3H8/c1-8-16(18(24)25)17(14(3)21-9-2)15(4)22-10-12-23(13-11-22)19(26)27-20(5,6)7;1-2-4-8-5-3-6-9(10)7-8;1-3-2/h8-9H,2,10-13H2,1,3-7H3,(H,24,25);3,5-7H,2,4H2,1H3;3H2,1-2H3/b16-8+,17-15-,21-14?;;. The Labute approximate surface area is 247 Å². The molecule has 0 unspecified atom stereocenters. The van der Waals surface area contributed by atoms with Gasteiger partial charge < -0.3 is 19.6 Å². The first-order chi connectivity index (χ1) is 18.8. The number of carboxylic acids is 1. The monoisotopic (exact) mass is 575 g/mol. The van der Waals surface area contributed by atoms with E-state index in [1.165, 1.54) is 24.6 Å². The highest BCUT2D eigenvalue weighted by molar-refractivity contribution is 6.30. The predicted molar refractivity (Wildman–Crippen MR) is 168 cm³/mol. The van der Waals surface area contributed by atoms with Gasteiger partial charge in [-0.2, -0.15) is 0 Å². The predicted octanol–water partition coefficient (Wildman–Crippen LogP) is 8.16. The summed E-state index contributed by atoms with van der Waals surface area (Å²) in [6.07, 6.45) is 6.20. The minimum atomic E-state index is -1.00. The topological polar surface area (TPSA) is 82.4 Å². The van der Waals surface area contributed by atoms with Gasteiger partial charge in [-0.05, 0) is 65.7 Å². The lowest BCUT2D eigenvalue weighted by atomic mass is 9.98. The Bertz CT molecular complexity index is 1050. The van der Waals surface area contributed by atoms with Crippen LogP contribution in [0.3, 0.4) is 0 Å². The fraction of sp³-hybridized carbons (Fsp3) is 0.531. The zero-order valence-electron chi connectivity index (χ0n) is 26.0. The Kier molecular flexibility index (Phi) is 17.6. The summed E-state index contributed by atoms with van der Waals surface area (Å²) in [7, 11) is 0. The molecule has 0 aromatic heterocycles. The summed E-state index contributed by atoms with van der Waals surface area (Å²) in [4.78, 5) is 31.8. The molecule has 224 valence electrons. The van der Waals surface area contributed by atoms with Crippen molar-refractivity contribution in [3.05, 3.63) is 70.5 Å². The molecule has 1 aromatic rings. The van der Waals surface area contributed by atoms with E-state index in [1.807, 2.05) is 45.9 Å². The van der Waals surface area contributed by atoms with Crippen LogP contribution in [0.5, 0.6) is 0 Å². The number of carboxylic acid groups (broad SMARTS) is 1. The molecule has 0 bridgehead atoms. The Balaban J connectivity index is 0.000000961. The Morgan fingerprint density at radius 2 is 1.65 bits per heavy atom. The van der Waals surface area contributed by atoms with Crippen LogP contribution in [0.25, 0.3) is 0 Å². The van der Waals surface area contributed by atoms with Crippen molar-refractivity contribution in [2.75, 3.05) is 26.2 Å². The van der Waals surface area contributed by atoms with Crippen LogP contribution in [0.4, 0.5) is 4.79 Å². The molecule has 0 aliphatic carbocycles. The number of carbonyl (C=O) groups is 2. The number of carbonyl (C=O) groups excluding carboxylic acids is 1. The first-order valence-corrected chi connectivity index (χ1v) is 14.4. The van der Waals surface area contributed by atoms with Crippen molar-refractivity contribution < 1.29 is 19.4 Å². The lowest BCUT2D eigenvalue weighted by molar-refractivity contribution is -0.132. The zero-order valence-corrected chi connectivity index (χ0v) is 26.8. The van der Waals surface area contributed by atoms with Crippen LogP contribution in [-0.4, -0.2) is 64.5 Å². The van der Waals surface area contributed by atoms with Crippen LogP contribution >= 0.6 is 11.6 Å². The zero-order chi connectivity index (χ0) is 30.9. The van der Waals surface area contributed by atoms with Crippen molar-refractivity contribution in [3.63, 3.8) is 0 Å². The van der Waals surface area contributed by atoms with Gasteiger partial charge in [0.2, 0.25) is 0 Å². The van der Waals surface area contributed by atoms with E-state index >= 15 is 0 Å². The van der Waals surface area contributed by atoms with Gasteiger partial charge >= 0.3 is 12.1 Å². The molecule has 0 radical (unpaired) electrons. The highest BCUT2D eigenvalue weighted by atomic mass is 35.5. The molecule has 1 fully saturated rings. The molecule has 1 N–H and O–H groups in total. The van der Waals surface area contributed by atoms with E-state index in [4.69, 9.17) is 16.3 Å². The molecular formula is C32H50ClN3O4. The van der Waals surface area contributed by atoms with E-state index in [0.29, 0.717) is 37.5 Å². The summed E-state index contributed by atoms with van der Waals surface area (Å²) < 4.78 is 5.42. The van der Waals surface area contributed by atoms with Gasteiger partial charge in [-0.15, -0.1) is 0 Å². The van der Waals surface area contributed by atoms with E-state index in [0.717, 1.165) is 17.1 Å². The second kappa shape index (κ2) is 19.1. The Morgan fingerprint density at radius 3 is 2.08 bits per heavy atom. The van der Waals surface area contributed by atoms with Crippen molar-refractivity contribution in [2.45, 2.75) is 87.2 Å². The molecule has 7 nitrogen and oxygen atoms in total. The van der Waals surface area contributed by atoms with Gasteiger partial charge in [-0.1, -0.05) is 70.0 Å². The van der Waals surface area contributed by atoms with Crippen LogP contribution in [0.1, 0.15) is 80.7 Å². The summed E-state index contributed by atoms with van der Waals surface area (Å²) in [6, 6.07) is 8.02. The molecule has 8 heteroatoms. The SMILES string of the molecule is C=CN=C(C)C(/C(=C\C)C(=O)O)=C(\C)N1CCN(C(=O)OC(C)(C)C)CC1.CCC.CCCc1cccc(Cl)c1. The molecule has 1 saturated heterocycles. The van der Waals surface area contributed by atoms with Crippen LogP contribution < -0.4 is 0 Å². The molecule has 1 aromatic carbocycles. The van der Waals surface area contributed by atoms with E-state index < -0.39 is 11.6 Å². The van der Waals surface area contributed by atoms with Crippen LogP contribution in [0, 0.1) is 0 Å². The van der Waals surface area contributed by atoms with Crippen molar-refractivity contribution in [2.24, 2.45) is 4.99 Å². The maximum absolute atomic E-state index is 12.2. The minimum Gasteiger partial charge on any atom is -0.478 e. The van der Waals surface area contributed by atoms with E-state index in [-0.39, 0.29) is 11.7 Å². The van der Waals surface area contributed by atoms with Gasteiger partial charge in [0.25, 0.3) is 0 Å². The summed E-state index contributed by atoms with van der Waals surface area (Å²) in [5, 5.41) is 10.4. The number of hydrogen-bond acceptors (Lipinski definition) is 5. The first-order valence-electron chi connectivity index (χ1n) is 14.0. The summed E-state index contributed by atoms with van der Waals surface area (Å²) in [6.45, 7) is 23.1. The molecule has 1 aliphatic heterocycles. The maximum atomic E-state index is 12.2. The molecule has 40 heavy (non-hydrogen) atoms. The van der Waals surface area contributed by atoms with Crippen molar-refractivity contribution in [1.29, 1.82) is 0 Å². The quantitative estimate of drug-likeness (QED) is 0.201. The number of amides is 1. The van der Waals surface area contributed by atoms with Crippen LogP contribution in [0.2, 0.25) is 5.02 Å². The molecule has 1 heterocycles. The molecular weight excluding hydrogens is 526 g/mol. The first kappa shape index (κ1) is 36.9. The Morgan fingerprint density at radius 1 is 1.10 bits per heavy atom. The largest absolute Gasteiger partial charge is 0.478 e. The number of halogens is 1. The third-order valence-corrected chi connectivity index (χ3v) is 5.87.